The fraction of sp³-hybridized carbons (Fsp3) is 0.833. The second-order valence-electron chi connectivity index (χ2n) is 2.13. The second-order valence-corrected chi connectivity index (χ2v) is 2.54. The van der Waals surface area contributed by atoms with Crippen LogP contribution in [0.2, 0.25) is 0 Å². The number of nitrogens with one attached hydrogen (secondary N) is 2. The molecule has 0 unspecified atom stereocenters. The summed E-state index contributed by atoms with van der Waals surface area (Å²) in [6, 6.07) is 0.448. The largest absolute Gasteiger partial charge is 0.359 e. The predicted molar refractivity (Wildman–Crippen MR) is 47.4 cm³/mol. The van der Waals surface area contributed by atoms with Gasteiger partial charge in [-0.1, -0.05) is 13.8 Å². The molecule has 0 fully saturated rings. The molecule has 0 heterocycles. The van der Waals surface area contributed by atoms with Crippen molar-refractivity contribution in [2.24, 2.45) is 5.84 Å². The molecule has 0 aromatic rings. The topological polar surface area (TPSA) is 50.1 Å². The molecule has 0 radical (unpaired) electrons. The van der Waals surface area contributed by atoms with Crippen LogP contribution < -0.4 is 16.6 Å². The number of rotatable bonds is 3. The van der Waals surface area contributed by atoms with Gasteiger partial charge in [0.05, 0.1) is 0 Å². The van der Waals surface area contributed by atoms with Crippen LogP contribution in [0, 0.1) is 0 Å². The van der Waals surface area contributed by atoms with Crippen molar-refractivity contribution in [1.82, 2.24) is 10.7 Å². The molecule has 0 aliphatic heterocycles. The second kappa shape index (κ2) is 5.44. The zero-order chi connectivity index (χ0) is 7.98. The van der Waals surface area contributed by atoms with E-state index in [0.29, 0.717) is 11.2 Å². The predicted octanol–water partition coefficient (Wildman–Crippen LogP) is 0.513. The zero-order valence-corrected chi connectivity index (χ0v) is 7.29. The summed E-state index contributed by atoms with van der Waals surface area (Å²) in [5.74, 6) is 5.08. The molecule has 4 N–H and O–H groups in total. The van der Waals surface area contributed by atoms with Crippen molar-refractivity contribution in [1.29, 1.82) is 0 Å². The molecule has 10 heavy (non-hydrogen) atoms. The normalized spacial score (nSPS) is 9.60. The van der Waals surface area contributed by atoms with Gasteiger partial charge in [-0.05, 0) is 25.1 Å². The maximum absolute atomic E-state index is 5.08. The van der Waals surface area contributed by atoms with Crippen LogP contribution in [-0.2, 0) is 0 Å². The first-order chi connectivity index (χ1) is 4.74. The van der Waals surface area contributed by atoms with Crippen LogP contribution in [0.5, 0.6) is 0 Å². The molecule has 0 rings (SSSR count). The Balaban J connectivity index is 3.52. The van der Waals surface area contributed by atoms with Crippen molar-refractivity contribution in [3.05, 3.63) is 0 Å². The first-order valence-corrected chi connectivity index (χ1v) is 3.92. The number of hydrogen-bond acceptors (Lipinski definition) is 2. The van der Waals surface area contributed by atoms with Crippen molar-refractivity contribution in [2.75, 3.05) is 0 Å². The molecule has 0 atom stereocenters. The van der Waals surface area contributed by atoms with E-state index in [9.17, 15) is 0 Å². The minimum atomic E-state index is 0.448. The van der Waals surface area contributed by atoms with E-state index in [4.69, 9.17) is 18.1 Å². The van der Waals surface area contributed by atoms with E-state index in [-0.39, 0.29) is 0 Å². The monoisotopic (exact) mass is 161 g/mol. The van der Waals surface area contributed by atoms with Gasteiger partial charge < -0.3 is 10.7 Å². The Labute approximate surface area is 67.3 Å². The molecule has 0 aromatic heterocycles. The highest BCUT2D eigenvalue weighted by atomic mass is 32.1. The van der Waals surface area contributed by atoms with E-state index in [2.05, 4.69) is 24.6 Å². The van der Waals surface area contributed by atoms with E-state index in [0.717, 1.165) is 12.8 Å². The summed E-state index contributed by atoms with van der Waals surface area (Å²) in [6.45, 7) is 4.22. The van der Waals surface area contributed by atoms with Crippen LogP contribution in [0.3, 0.4) is 0 Å². The van der Waals surface area contributed by atoms with E-state index >= 15 is 0 Å². The lowest BCUT2D eigenvalue weighted by molar-refractivity contribution is 0.565. The van der Waals surface area contributed by atoms with Crippen LogP contribution in [0.25, 0.3) is 0 Å². The third kappa shape index (κ3) is 3.63. The number of thiocarbonyl (C=S) groups is 1. The van der Waals surface area contributed by atoms with Crippen LogP contribution in [-0.4, -0.2) is 11.2 Å². The zero-order valence-electron chi connectivity index (χ0n) is 6.48. The van der Waals surface area contributed by atoms with Gasteiger partial charge in [0.2, 0.25) is 0 Å². The number of nitrogens with two attached hydrogens (primary N) is 1. The quantitative estimate of drug-likeness (QED) is 0.321. The summed E-state index contributed by atoms with van der Waals surface area (Å²) in [5.41, 5.74) is 2.38. The summed E-state index contributed by atoms with van der Waals surface area (Å²) in [6.07, 6.45) is 2.14. The van der Waals surface area contributed by atoms with E-state index in [1.54, 1.807) is 0 Å². The first kappa shape index (κ1) is 9.65. The Morgan fingerprint density at radius 3 is 2.30 bits per heavy atom. The Bertz CT molecular complexity index is 101. The summed E-state index contributed by atoms with van der Waals surface area (Å²) < 4.78 is 0. The van der Waals surface area contributed by atoms with Gasteiger partial charge in [-0.3, -0.25) is 0 Å². The fourth-order valence-corrected chi connectivity index (χ4v) is 0.887. The minimum Gasteiger partial charge on any atom is -0.359 e. The van der Waals surface area contributed by atoms with Gasteiger partial charge in [0, 0.05) is 6.04 Å². The summed E-state index contributed by atoms with van der Waals surface area (Å²) in [5, 5.41) is 3.58. The molecular formula is C6H15N3S. The van der Waals surface area contributed by atoms with Crippen molar-refractivity contribution < 1.29 is 0 Å². The first-order valence-electron chi connectivity index (χ1n) is 3.51. The van der Waals surface area contributed by atoms with Crippen molar-refractivity contribution in [3.63, 3.8) is 0 Å². The van der Waals surface area contributed by atoms with Gasteiger partial charge in [-0.15, -0.1) is 0 Å². The number of hydrogen-bond donors (Lipinski definition) is 3. The molecule has 0 amide bonds. The molecule has 0 aliphatic rings. The molecule has 0 bridgehead atoms. The Morgan fingerprint density at radius 1 is 1.50 bits per heavy atom. The number of hydrazine groups is 1. The van der Waals surface area contributed by atoms with Gasteiger partial charge >= 0.3 is 0 Å². The summed E-state index contributed by atoms with van der Waals surface area (Å²) in [7, 11) is 0. The summed E-state index contributed by atoms with van der Waals surface area (Å²) >= 11 is 4.82. The van der Waals surface area contributed by atoms with E-state index in [1.165, 1.54) is 0 Å². The van der Waals surface area contributed by atoms with Crippen LogP contribution in [0.1, 0.15) is 26.7 Å². The van der Waals surface area contributed by atoms with Gasteiger partial charge in [-0.2, -0.15) is 0 Å². The van der Waals surface area contributed by atoms with Crippen molar-refractivity contribution >= 4 is 17.3 Å². The molecule has 3 nitrogen and oxygen atoms in total. The smallest absolute Gasteiger partial charge is 0.180 e. The van der Waals surface area contributed by atoms with Crippen LogP contribution >= 0.6 is 12.2 Å². The molecule has 0 aliphatic carbocycles. The Hall–Kier alpha value is -0.350. The SMILES string of the molecule is CCC(CC)NC(=S)NN. The fourth-order valence-electron chi connectivity index (χ4n) is 0.720. The van der Waals surface area contributed by atoms with Crippen molar-refractivity contribution in [3.8, 4) is 0 Å². The lowest BCUT2D eigenvalue weighted by Crippen LogP contribution is -2.44. The molecular weight excluding hydrogens is 146 g/mol. The molecule has 0 saturated carbocycles. The van der Waals surface area contributed by atoms with Gasteiger partial charge in [-0.25, -0.2) is 5.84 Å². The van der Waals surface area contributed by atoms with E-state index in [1.807, 2.05) is 0 Å². The maximum Gasteiger partial charge on any atom is 0.180 e. The third-order valence-corrected chi connectivity index (χ3v) is 1.69. The molecule has 4 heteroatoms. The lowest BCUT2D eigenvalue weighted by atomic mass is 10.2. The Morgan fingerprint density at radius 2 is 2.00 bits per heavy atom. The Kier molecular flexibility index (Phi) is 5.25. The lowest BCUT2D eigenvalue weighted by Gasteiger charge is -2.15. The highest BCUT2D eigenvalue weighted by Crippen LogP contribution is 1.94. The van der Waals surface area contributed by atoms with Gasteiger partial charge in [0.15, 0.2) is 5.11 Å². The highest BCUT2D eigenvalue weighted by molar-refractivity contribution is 7.80. The van der Waals surface area contributed by atoms with Gasteiger partial charge in [0.25, 0.3) is 0 Å². The van der Waals surface area contributed by atoms with E-state index < -0.39 is 0 Å². The van der Waals surface area contributed by atoms with Crippen molar-refractivity contribution in [2.45, 2.75) is 32.7 Å². The molecule has 60 valence electrons. The highest BCUT2D eigenvalue weighted by Gasteiger charge is 2.02. The average molecular weight is 161 g/mol. The third-order valence-electron chi connectivity index (χ3n) is 1.45. The molecule has 0 spiro atoms. The maximum atomic E-state index is 5.08. The van der Waals surface area contributed by atoms with Crippen LogP contribution in [0.15, 0.2) is 0 Å². The van der Waals surface area contributed by atoms with Gasteiger partial charge in [0.1, 0.15) is 0 Å². The average Bonchev–Trinajstić information content (AvgIpc) is 1.99. The molecule has 0 aromatic carbocycles. The minimum absolute atomic E-state index is 0.448. The summed E-state index contributed by atoms with van der Waals surface area (Å²) in [4.78, 5) is 0. The van der Waals surface area contributed by atoms with Crippen LogP contribution in [0.4, 0.5) is 0 Å². The molecule has 0 saturated heterocycles. The standard InChI is InChI=1S/C6H15N3S/c1-3-5(4-2)8-6(10)9-7/h5H,3-4,7H2,1-2H3,(H2,8,9,10).